The molecule has 2 N–H and O–H groups in total. The molecule has 6 atom stereocenters. The Morgan fingerprint density at radius 3 is 2.54 bits per heavy atom. The molecule has 2 fully saturated rings. The van der Waals surface area contributed by atoms with Crippen LogP contribution in [0.3, 0.4) is 0 Å². The number of carbonyl (C=O) groups is 2. The van der Waals surface area contributed by atoms with Crippen molar-refractivity contribution in [2.24, 2.45) is 11.8 Å². The van der Waals surface area contributed by atoms with E-state index in [0.717, 1.165) is 66.6 Å². The fraction of sp³-hybridized carbons (Fsp3) is 0.450. The van der Waals surface area contributed by atoms with Crippen molar-refractivity contribution in [1.29, 1.82) is 0 Å². The maximum Gasteiger partial charge on any atom is 0.416 e. The maximum atomic E-state index is 13.3. The molecule has 50 heavy (non-hydrogen) atoms. The average Bonchev–Trinajstić information content (AvgIpc) is 3.42. The van der Waals surface area contributed by atoms with E-state index in [4.69, 9.17) is 9.47 Å². The second-order valence-corrected chi connectivity index (χ2v) is 14.8. The van der Waals surface area contributed by atoms with Crippen molar-refractivity contribution in [3.05, 3.63) is 88.5 Å². The fourth-order valence-corrected chi connectivity index (χ4v) is 9.74. The molecule has 2 heterocycles. The van der Waals surface area contributed by atoms with Crippen LogP contribution in [0.25, 0.3) is 0 Å². The lowest BCUT2D eigenvalue weighted by molar-refractivity contribution is -0.964. The van der Waals surface area contributed by atoms with E-state index in [1.165, 1.54) is 30.7 Å². The number of hydrogen-bond donors (Lipinski definition) is 2. The van der Waals surface area contributed by atoms with Crippen LogP contribution in [0.2, 0.25) is 0 Å². The number of quaternary nitrogens is 1. The van der Waals surface area contributed by atoms with Crippen molar-refractivity contribution >= 4 is 11.9 Å². The highest BCUT2D eigenvalue weighted by atomic mass is 19.4. The van der Waals surface area contributed by atoms with E-state index >= 15 is 0 Å². The van der Waals surface area contributed by atoms with Gasteiger partial charge >= 0.3 is 12.1 Å². The van der Waals surface area contributed by atoms with Gasteiger partial charge < -0.3 is 24.4 Å². The molecule has 10 heteroatoms. The SMILES string of the molecule is CC(=O)Oc1cc(O)c2c3c1C[C@@H]1[C@@H]4CC[C@H](NC(=O)C#Cc5ccc(C(F)(F)F)cc5)[C@H](O2)[C@]34CC[N+]1(CCc1ccccc1)CC(C)C. The highest BCUT2D eigenvalue weighted by molar-refractivity contribution is 5.94. The van der Waals surface area contributed by atoms with E-state index in [-0.39, 0.29) is 17.7 Å². The van der Waals surface area contributed by atoms with Crippen molar-refractivity contribution in [1.82, 2.24) is 5.32 Å². The molecule has 7 nitrogen and oxygen atoms in total. The van der Waals surface area contributed by atoms with E-state index in [0.29, 0.717) is 35.8 Å². The zero-order chi connectivity index (χ0) is 35.4. The van der Waals surface area contributed by atoms with Crippen molar-refractivity contribution in [3.63, 3.8) is 0 Å². The number of rotatable bonds is 7. The molecule has 2 aliphatic heterocycles. The molecule has 3 aromatic rings. The molecule has 1 saturated heterocycles. The molecule has 1 saturated carbocycles. The Balaban J connectivity index is 1.24. The lowest BCUT2D eigenvalue weighted by atomic mass is 9.50. The van der Waals surface area contributed by atoms with E-state index in [9.17, 15) is 27.9 Å². The van der Waals surface area contributed by atoms with Crippen molar-refractivity contribution in [3.8, 4) is 29.1 Å². The van der Waals surface area contributed by atoms with Crippen LogP contribution in [0.1, 0.15) is 67.9 Å². The second kappa shape index (κ2) is 12.7. The van der Waals surface area contributed by atoms with Crippen molar-refractivity contribution in [2.45, 2.75) is 82.7 Å². The smallest absolute Gasteiger partial charge is 0.416 e. The standard InChI is InChI=1S/C40H41F3N2O5/c1-24(2)23-45(19-17-26-7-5-4-6-8-26)20-18-39-30-14-15-31(44-35(48)16-11-27-9-12-28(13-10-27)40(41,42)43)38(39)50-37-33(47)22-34(49-25(3)46)29(36(37)39)21-32(30)45/h4-10,12-13,22,24,30-32,38H,14-15,17-21,23H2,1-3H3,(H-,44,47,48)/p+1/t30-,31-,32+,38-,39-,45?/m0/s1. The first-order valence-electron chi connectivity index (χ1n) is 17.4. The number of likely N-dealkylation sites (tertiary alicyclic amines) is 1. The largest absolute Gasteiger partial charge is 0.504 e. The molecule has 2 aliphatic carbocycles. The molecular formula is C40H42F3N2O5+. The minimum absolute atomic E-state index is 0.0919. The van der Waals surface area contributed by atoms with Crippen LogP contribution in [0.15, 0.2) is 60.7 Å². The molecule has 1 spiro atoms. The van der Waals surface area contributed by atoms with Gasteiger partial charge in [0.15, 0.2) is 11.5 Å². The molecule has 1 unspecified atom stereocenters. The number of alkyl halides is 3. The second-order valence-electron chi connectivity index (χ2n) is 14.8. The number of nitrogens with one attached hydrogen (secondary N) is 1. The molecule has 3 aromatic carbocycles. The quantitative estimate of drug-likeness (QED) is 0.131. The van der Waals surface area contributed by atoms with Crippen LogP contribution < -0.4 is 14.8 Å². The number of benzene rings is 3. The highest BCUT2D eigenvalue weighted by Gasteiger charge is 2.70. The van der Waals surface area contributed by atoms with Gasteiger partial charge in [-0.15, -0.1) is 0 Å². The third-order valence-corrected chi connectivity index (χ3v) is 11.4. The third kappa shape index (κ3) is 5.89. The summed E-state index contributed by atoms with van der Waals surface area (Å²) in [5.41, 5.74) is 2.09. The zero-order valence-electron chi connectivity index (χ0n) is 28.5. The molecular weight excluding hydrogens is 645 g/mol. The predicted octanol–water partition coefficient (Wildman–Crippen LogP) is 6.33. The first kappa shape index (κ1) is 34.0. The minimum Gasteiger partial charge on any atom is -0.504 e. The van der Waals surface area contributed by atoms with E-state index in [1.807, 2.05) is 6.07 Å². The lowest BCUT2D eigenvalue weighted by Gasteiger charge is -2.63. The molecule has 0 radical (unpaired) electrons. The molecule has 4 aliphatic rings. The van der Waals surface area contributed by atoms with Crippen LogP contribution in [-0.4, -0.2) is 59.3 Å². The van der Waals surface area contributed by atoms with Gasteiger partial charge in [-0.05, 0) is 42.7 Å². The molecule has 262 valence electrons. The summed E-state index contributed by atoms with van der Waals surface area (Å²) in [5.74, 6) is 5.54. The first-order valence-corrected chi connectivity index (χ1v) is 17.4. The number of phenolic OH excluding ortho intramolecular Hbond substituents is 1. The fourth-order valence-electron chi connectivity index (χ4n) is 9.74. The Hall–Kier alpha value is -4.49. The number of phenols is 1. The zero-order valence-corrected chi connectivity index (χ0v) is 28.5. The van der Waals surface area contributed by atoms with Gasteiger partial charge in [0.2, 0.25) is 0 Å². The van der Waals surface area contributed by atoms with Gasteiger partial charge in [0.25, 0.3) is 5.91 Å². The summed E-state index contributed by atoms with van der Waals surface area (Å²) in [4.78, 5) is 25.6. The molecule has 2 bridgehead atoms. The Labute approximate surface area is 290 Å². The summed E-state index contributed by atoms with van der Waals surface area (Å²) >= 11 is 0. The number of piperidine rings is 1. The topological polar surface area (TPSA) is 84.9 Å². The van der Waals surface area contributed by atoms with Crippen LogP contribution in [-0.2, 0) is 34.0 Å². The number of nitrogens with zero attached hydrogens (tertiary/aromatic N) is 1. The number of ether oxygens (including phenoxy) is 2. The summed E-state index contributed by atoms with van der Waals surface area (Å²) in [7, 11) is 0. The number of aromatic hydroxyl groups is 1. The van der Waals surface area contributed by atoms with Crippen molar-refractivity contribution < 1.29 is 41.8 Å². The Morgan fingerprint density at radius 1 is 1.12 bits per heavy atom. The summed E-state index contributed by atoms with van der Waals surface area (Å²) in [6.07, 6.45) is -1.09. The molecule has 1 amide bonds. The number of halogens is 3. The summed E-state index contributed by atoms with van der Waals surface area (Å²) < 4.78 is 52.4. The van der Waals surface area contributed by atoms with E-state index < -0.39 is 41.2 Å². The minimum atomic E-state index is -4.46. The third-order valence-electron chi connectivity index (χ3n) is 11.4. The average molecular weight is 688 g/mol. The van der Waals surface area contributed by atoms with Crippen LogP contribution in [0.5, 0.6) is 17.2 Å². The summed E-state index contributed by atoms with van der Waals surface area (Å²) in [5, 5.41) is 14.4. The van der Waals surface area contributed by atoms with Gasteiger partial charge in [0.05, 0.1) is 42.7 Å². The normalized spacial score (nSPS) is 27.4. The van der Waals surface area contributed by atoms with Crippen molar-refractivity contribution in [2.75, 3.05) is 19.6 Å². The van der Waals surface area contributed by atoms with Gasteiger partial charge in [-0.25, -0.2) is 0 Å². The summed E-state index contributed by atoms with van der Waals surface area (Å²) in [6.45, 7) is 8.76. The Morgan fingerprint density at radius 2 is 1.86 bits per heavy atom. The number of carbonyl (C=O) groups excluding carboxylic acids is 2. The molecule has 7 rings (SSSR count). The Kier molecular flexibility index (Phi) is 8.62. The monoisotopic (exact) mass is 687 g/mol. The Bertz CT molecular complexity index is 1870. The van der Waals surface area contributed by atoms with Gasteiger partial charge in [-0.2, -0.15) is 13.2 Å². The highest BCUT2D eigenvalue weighted by Crippen LogP contribution is 2.66. The van der Waals surface area contributed by atoms with Gasteiger partial charge in [0.1, 0.15) is 11.9 Å². The number of esters is 1. The van der Waals surface area contributed by atoms with Crippen LogP contribution in [0.4, 0.5) is 13.2 Å². The van der Waals surface area contributed by atoms with E-state index in [1.54, 1.807) is 0 Å². The number of amides is 1. The van der Waals surface area contributed by atoms with Gasteiger partial charge in [0, 0.05) is 66.7 Å². The predicted molar refractivity (Wildman–Crippen MR) is 180 cm³/mol. The molecule has 0 aromatic heterocycles. The summed E-state index contributed by atoms with van der Waals surface area (Å²) in [6, 6.07) is 16.2. The number of hydrogen-bond acceptors (Lipinski definition) is 5. The van der Waals surface area contributed by atoms with Crippen LogP contribution in [0, 0.1) is 23.7 Å². The van der Waals surface area contributed by atoms with Crippen LogP contribution >= 0.6 is 0 Å². The first-order chi connectivity index (χ1) is 23.8. The van der Waals surface area contributed by atoms with Gasteiger partial charge in [-0.3, -0.25) is 9.59 Å². The van der Waals surface area contributed by atoms with E-state index in [2.05, 4.69) is 55.3 Å². The lowest BCUT2D eigenvalue weighted by Crippen LogP contribution is -2.75. The maximum absolute atomic E-state index is 13.3. The van der Waals surface area contributed by atoms with Gasteiger partial charge in [-0.1, -0.05) is 50.1 Å².